The molecular formula is C13H26N4O2. The lowest BCUT2D eigenvalue weighted by Gasteiger charge is -2.29. The van der Waals surface area contributed by atoms with E-state index in [-0.39, 0.29) is 0 Å². The Bertz CT molecular complexity index is 286. The average Bonchev–Trinajstić information content (AvgIpc) is 2.47. The van der Waals surface area contributed by atoms with E-state index in [0.717, 1.165) is 65.7 Å². The van der Waals surface area contributed by atoms with Gasteiger partial charge in [0.25, 0.3) is 0 Å². The Morgan fingerprint density at radius 1 is 1.11 bits per heavy atom. The second kappa shape index (κ2) is 7.67. The Kier molecular flexibility index (Phi) is 5.88. The molecule has 0 saturated carbocycles. The van der Waals surface area contributed by atoms with Gasteiger partial charge < -0.3 is 20.1 Å². The molecule has 1 unspecified atom stereocenters. The number of rotatable bonds is 4. The van der Waals surface area contributed by atoms with E-state index in [1.165, 1.54) is 0 Å². The molecule has 2 heterocycles. The molecule has 0 radical (unpaired) electrons. The molecule has 2 rings (SSSR count). The van der Waals surface area contributed by atoms with Gasteiger partial charge in [-0.2, -0.15) is 0 Å². The van der Waals surface area contributed by atoms with E-state index in [9.17, 15) is 0 Å². The topological polar surface area (TPSA) is 63.3 Å². The van der Waals surface area contributed by atoms with Crippen molar-refractivity contribution in [2.75, 3.05) is 65.7 Å². The van der Waals surface area contributed by atoms with E-state index < -0.39 is 0 Å². The molecule has 6 heteroatoms. The van der Waals surface area contributed by atoms with Gasteiger partial charge in [0.15, 0.2) is 5.96 Å². The van der Waals surface area contributed by atoms with Crippen LogP contribution in [-0.4, -0.2) is 81.5 Å². The van der Waals surface area contributed by atoms with E-state index in [0.29, 0.717) is 11.9 Å². The molecule has 0 amide bonds. The van der Waals surface area contributed by atoms with Crippen molar-refractivity contribution in [2.24, 2.45) is 16.6 Å². The Labute approximate surface area is 115 Å². The summed E-state index contributed by atoms with van der Waals surface area (Å²) in [6.45, 7) is 11.1. The van der Waals surface area contributed by atoms with Crippen LogP contribution in [-0.2, 0) is 9.47 Å². The summed E-state index contributed by atoms with van der Waals surface area (Å²) < 4.78 is 10.7. The van der Waals surface area contributed by atoms with Gasteiger partial charge in [0.1, 0.15) is 0 Å². The lowest BCUT2D eigenvalue weighted by molar-refractivity contribution is 0.0323. The Morgan fingerprint density at radius 2 is 1.68 bits per heavy atom. The minimum atomic E-state index is 0.526. The van der Waals surface area contributed by atoms with Crippen LogP contribution >= 0.6 is 0 Å². The molecule has 2 N–H and O–H groups in total. The molecule has 0 bridgehead atoms. The van der Waals surface area contributed by atoms with Crippen molar-refractivity contribution >= 4 is 5.96 Å². The summed E-state index contributed by atoms with van der Waals surface area (Å²) in [5, 5.41) is 0. The molecule has 0 spiro atoms. The van der Waals surface area contributed by atoms with Crippen LogP contribution in [0.3, 0.4) is 0 Å². The summed E-state index contributed by atoms with van der Waals surface area (Å²) >= 11 is 0. The predicted molar refractivity (Wildman–Crippen MR) is 75.3 cm³/mol. The molecule has 19 heavy (non-hydrogen) atoms. The first kappa shape index (κ1) is 14.6. The van der Waals surface area contributed by atoms with Gasteiger partial charge in [-0.15, -0.1) is 0 Å². The lowest BCUT2D eigenvalue weighted by atomic mass is 10.1. The fourth-order valence-electron chi connectivity index (χ4n) is 2.42. The van der Waals surface area contributed by atoms with Crippen LogP contribution in [0.4, 0.5) is 0 Å². The zero-order valence-corrected chi connectivity index (χ0v) is 11.9. The van der Waals surface area contributed by atoms with Crippen molar-refractivity contribution in [3.63, 3.8) is 0 Å². The smallest absolute Gasteiger partial charge is 0.191 e. The number of nitrogens with two attached hydrogens (primary N) is 1. The molecule has 110 valence electrons. The highest BCUT2D eigenvalue weighted by atomic mass is 16.5. The number of morpholine rings is 2. The van der Waals surface area contributed by atoms with Crippen LogP contribution in [0.5, 0.6) is 0 Å². The molecule has 6 nitrogen and oxygen atoms in total. The minimum absolute atomic E-state index is 0.526. The van der Waals surface area contributed by atoms with Crippen LogP contribution in [0.1, 0.15) is 6.92 Å². The molecule has 0 aromatic heterocycles. The van der Waals surface area contributed by atoms with E-state index in [1.54, 1.807) is 0 Å². The largest absolute Gasteiger partial charge is 0.379 e. The maximum absolute atomic E-state index is 6.02. The number of hydrogen-bond donors (Lipinski definition) is 1. The van der Waals surface area contributed by atoms with E-state index in [4.69, 9.17) is 15.2 Å². The van der Waals surface area contributed by atoms with Crippen molar-refractivity contribution in [2.45, 2.75) is 6.92 Å². The summed E-state index contributed by atoms with van der Waals surface area (Å²) in [6, 6.07) is 0. The monoisotopic (exact) mass is 270 g/mol. The van der Waals surface area contributed by atoms with Crippen molar-refractivity contribution < 1.29 is 9.47 Å². The standard InChI is InChI=1S/C13H26N4O2/c1-12(11-16-2-6-18-7-3-16)10-15-13(14)17-4-8-19-9-5-17/h12H,2-11H2,1H3,(H2,14,15). The molecule has 2 aliphatic rings. The van der Waals surface area contributed by atoms with Gasteiger partial charge in [-0.05, 0) is 5.92 Å². The lowest BCUT2D eigenvalue weighted by Crippen LogP contribution is -2.45. The van der Waals surface area contributed by atoms with Crippen LogP contribution < -0.4 is 5.73 Å². The zero-order chi connectivity index (χ0) is 13.5. The third kappa shape index (κ3) is 4.97. The third-order valence-electron chi connectivity index (χ3n) is 3.57. The Balaban J connectivity index is 1.70. The molecule has 0 aromatic carbocycles. The van der Waals surface area contributed by atoms with Gasteiger partial charge in [-0.1, -0.05) is 6.92 Å². The zero-order valence-electron chi connectivity index (χ0n) is 11.9. The van der Waals surface area contributed by atoms with Crippen molar-refractivity contribution in [3.8, 4) is 0 Å². The quantitative estimate of drug-likeness (QED) is 0.556. The second-order valence-corrected chi connectivity index (χ2v) is 5.32. The number of hydrogen-bond acceptors (Lipinski definition) is 4. The highest BCUT2D eigenvalue weighted by Crippen LogP contribution is 2.04. The maximum atomic E-state index is 6.02. The van der Waals surface area contributed by atoms with Gasteiger partial charge in [0, 0.05) is 39.3 Å². The molecule has 1 atom stereocenters. The van der Waals surface area contributed by atoms with Gasteiger partial charge in [-0.25, -0.2) is 0 Å². The fourth-order valence-corrected chi connectivity index (χ4v) is 2.42. The summed E-state index contributed by atoms with van der Waals surface area (Å²) in [7, 11) is 0. The normalized spacial score (nSPS) is 24.5. The number of aliphatic imine (C=N–C) groups is 1. The fraction of sp³-hybridized carbons (Fsp3) is 0.923. The van der Waals surface area contributed by atoms with Crippen LogP contribution in [0.15, 0.2) is 4.99 Å². The molecule has 2 saturated heterocycles. The van der Waals surface area contributed by atoms with Crippen LogP contribution in [0, 0.1) is 5.92 Å². The van der Waals surface area contributed by atoms with Gasteiger partial charge in [0.2, 0.25) is 0 Å². The van der Waals surface area contributed by atoms with E-state index in [2.05, 4.69) is 21.7 Å². The van der Waals surface area contributed by atoms with Crippen LogP contribution in [0.25, 0.3) is 0 Å². The predicted octanol–water partition coefficient (Wildman–Crippen LogP) is -0.398. The molecule has 0 aliphatic carbocycles. The number of ether oxygens (including phenoxy) is 2. The van der Waals surface area contributed by atoms with Crippen molar-refractivity contribution in [1.82, 2.24) is 9.80 Å². The molecular weight excluding hydrogens is 244 g/mol. The first-order valence-electron chi connectivity index (χ1n) is 7.18. The second-order valence-electron chi connectivity index (χ2n) is 5.32. The summed E-state index contributed by atoms with van der Waals surface area (Å²) in [5.74, 6) is 1.19. The SMILES string of the molecule is CC(CN=C(N)N1CCOCC1)CN1CCOCC1. The molecule has 0 aromatic rings. The summed E-state index contributed by atoms with van der Waals surface area (Å²) in [6.07, 6.45) is 0. The van der Waals surface area contributed by atoms with Gasteiger partial charge >= 0.3 is 0 Å². The Morgan fingerprint density at radius 3 is 2.32 bits per heavy atom. The highest BCUT2D eigenvalue weighted by Gasteiger charge is 2.15. The number of guanidine groups is 1. The van der Waals surface area contributed by atoms with Gasteiger partial charge in [0.05, 0.1) is 26.4 Å². The third-order valence-corrected chi connectivity index (χ3v) is 3.57. The first-order chi connectivity index (χ1) is 9.25. The highest BCUT2D eigenvalue weighted by molar-refractivity contribution is 5.78. The summed E-state index contributed by atoms with van der Waals surface area (Å²) in [4.78, 5) is 9.06. The Hall–Kier alpha value is -0.850. The molecule has 2 aliphatic heterocycles. The first-order valence-corrected chi connectivity index (χ1v) is 7.18. The van der Waals surface area contributed by atoms with Crippen molar-refractivity contribution in [3.05, 3.63) is 0 Å². The maximum Gasteiger partial charge on any atom is 0.191 e. The average molecular weight is 270 g/mol. The number of nitrogens with zero attached hydrogens (tertiary/aromatic N) is 3. The van der Waals surface area contributed by atoms with E-state index >= 15 is 0 Å². The molecule has 2 fully saturated rings. The summed E-state index contributed by atoms with van der Waals surface area (Å²) in [5.41, 5.74) is 6.02. The van der Waals surface area contributed by atoms with Crippen molar-refractivity contribution in [1.29, 1.82) is 0 Å². The minimum Gasteiger partial charge on any atom is -0.379 e. The van der Waals surface area contributed by atoms with Crippen LogP contribution in [0.2, 0.25) is 0 Å². The van der Waals surface area contributed by atoms with Gasteiger partial charge in [-0.3, -0.25) is 9.89 Å². The van der Waals surface area contributed by atoms with E-state index in [1.807, 2.05) is 0 Å².